The van der Waals surface area contributed by atoms with Crippen LogP contribution in [0.25, 0.3) is 11.3 Å². The Morgan fingerprint density at radius 3 is 2.53 bits per heavy atom. The van der Waals surface area contributed by atoms with Crippen LogP contribution in [0, 0.1) is 11.8 Å². The van der Waals surface area contributed by atoms with E-state index < -0.39 is 58.8 Å². The predicted molar refractivity (Wildman–Crippen MR) is 131 cm³/mol. The first kappa shape index (κ1) is 27.3. The molecule has 11 heteroatoms. The molecule has 1 unspecified atom stereocenters. The van der Waals surface area contributed by atoms with Crippen molar-refractivity contribution >= 4 is 17.9 Å². The molecular weight excluding hydrogens is 498 g/mol. The summed E-state index contributed by atoms with van der Waals surface area (Å²) in [6.45, 7) is 6.82. The van der Waals surface area contributed by atoms with Gasteiger partial charge in [-0.2, -0.15) is 0 Å². The molecule has 38 heavy (non-hydrogen) atoms. The maximum absolute atomic E-state index is 13.1. The summed E-state index contributed by atoms with van der Waals surface area (Å²) >= 11 is 0. The van der Waals surface area contributed by atoms with Crippen LogP contribution in [0.5, 0.6) is 5.75 Å². The summed E-state index contributed by atoms with van der Waals surface area (Å²) in [6.07, 6.45) is 1.24. The number of carbonyl (C=O) groups is 3. The van der Waals surface area contributed by atoms with Crippen molar-refractivity contribution < 1.29 is 42.9 Å². The number of hydrogen-bond acceptors (Lipinski definition) is 11. The fourth-order valence-electron chi connectivity index (χ4n) is 5.54. The van der Waals surface area contributed by atoms with E-state index in [4.69, 9.17) is 23.4 Å². The van der Waals surface area contributed by atoms with Gasteiger partial charge in [0.25, 0.3) is 0 Å². The molecule has 2 aliphatic rings. The highest BCUT2D eigenvalue weighted by atomic mass is 16.6. The van der Waals surface area contributed by atoms with Gasteiger partial charge in [0, 0.05) is 56.6 Å². The number of hydrogen-bond donors (Lipinski definition) is 1. The molecule has 11 nitrogen and oxygen atoms in total. The average molecular weight is 530 g/mol. The molecule has 1 aliphatic heterocycles. The zero-order valence-corrected chi connectivity index (χ0v) is 21.9. The first-order valence-electron chi connectivity index (χ1n) is 12.3. The number of pyridine rings is 1. The van der Waals surface area contributed by atoms with Crippen molar-refractivity contribution in [3.8, 4) is 17.1 Å². The van der Waals surface area contributed by atoms with Gasteiger partial charge in [-0.1, -0.05) is 0 Å². The van der Waals surface area contributed by atoms with Gasteiger partial charge in [0.2, 0.25) is 0 Å². The van der Waals surface area contributed by atoms with Crippen LogP contribution in [0.15, 0.2) is 39.8 Å². The van der Waals surface area contributed by atoms with Crippen molar-refractivity contribution in [2.45, 2.75) is 70.9 Å². The van der Waals surface area contributed by atoms with Gasteiger partial charge in [-0.25, -0.2) is 4.79 Å². The Kier molecular flexibility index (Phi) is 7.33. The van der Waals surface area contributed by atoms with Crippen molar-refractivity contribution in [1.82, 2.24) is 4.98 Å². The van der Waals surface area contributed by atoms with E-state index in [9.17, 15) is 24.3 Å². The summed E-state index contributed by atoms with van der Waals surface area (Å²) in [5, 5.41) is 11.5. The molecule has 0 bridgehead atoms. The van der Waals surface area contributed by atoms with Gasteiger partial charge in [0.15, 0.2) is 0 Å². The van der Waals surface area contributed by atoms with E-state index in [1.165, 1.54) is 33.0 Å². The van der Waals surface area contributed by atoms with Crippen molar-refractivity contribution in [3.05, 3.63) is 46.6 Å². The van der Waals surface area contributed by atoms with Crippen LogP contribution in [0.2, 0.25) is 0 Å². The summed E-state index contributed by atoms with van der Waals surface area (Å²) < 4.78 is 28.4. The Hall–Kier alpha value is -3.73. The lowest BCUT2D eigenvalue weighted by Gasteiger charge is -2.54. The lowest BCUT2D eigenvalue weighted by molar-refractivity contribution is -0.215. The molecule has 1 aliphatic carbocycles. The molecular formula is C27H31NO10. The van der Waals surface area contributed by atoms with Crippen LogP contribution in [-0.4, -0.2) is 51.9 Å². The fraction of sp³-hybridized carbons (Fsp3) is 0.519. The van der Waals surface area contributed by atoms with E-state index in [2.05, 4.69) is 4.98 Å². The molecule has 0 radical (unpaired) electrons. The summed E-state index contributed by atoms with van der Waals surface area (Å²) in [7, 11) is 0. The molecule has 0 aromatic carbocycles. The predicted octanol–water partition coefficient (Wildman–Crippen LogP) is 2.73. The number of rotatable bonds is 6. The number of esters is 3. The summed E-state index contributed by atoms with van der Waals surface area (Å²) in [5.41, 5.74) is -2.83. The number of nitrogens with zero attached hydrogens (tertiary/aromatic N) is 1. The quantitative estimate of drug-likeness (QED) is 0.434. The largest absolute Gasteiger partial charge is 0.482 e. The van der Waals surface area contributed by atoms with E-state index in [1.807, 2.05) is 0 Å². The topological polar surface area (TPSA) is 151 Å². The van der Waals surface area contributed by atoms with Crippen LogP contribution >= 0.6 is 0 Å². The second-order valence-electron chi connectivity index (χ2n) is 10.2. The van der Waals surface area contributed by atoms with Crippen LogP contribution in [0.4, 0.5) is 0 Å². The SMILES string of the molecule is CC(=O)OCC(C)(OC(C)=O)[C@@H]1C[C@H](OC(C)=O)[C@@]2(C)Oc3cc(-c4cccnc4)oc(=O)c3[C@H](O)[C@@H]2C1. The lowest BCUT2D eigenvalue weighted by atomic mass is 9.62. The maximum Gasteiger partial charge on any atom is 0.345 e. The second kappa shape index (κ2) is 10.2. The molecule has 2 aromatic heterocycles. The van der Waals surface area contributed by atoms with Gasteiger partial charge < -0.3 is 28.5 Å². The third kappa shape index (κ3) is 5.15. The summed E-state index contributed by atoms with van der Waals surface area (Å²) in [5.74, 6) is -2.70. The second-order valence-corrected chi connectivity index (χ2v) is 10.2. The zero-order valence-electron chi connectivity index (χ0n) is 21.9. The first-order valence-corrected chi connectivity index (χ1v) is 12.3. The van der Waals surface area contributed by atoms with E-state index >= 15 is 0 Å². The number of aromatic nitrogens is 1. The molecule has 3 heterocycles. The van der Waals surface area contributed by atoms with Crippen LogP contribution in [0.3, 0.4) is 0 Å². The van der Waals surface area contributed by atoms with Crippen LogP contribution in [0.1, 0.15) is 59.1 Å². The van der Waals surface area contributed by atoms with Crippen LogP contribution < -0.4 is 10.4 Å². The highest BCUT2D eigenvalue weighted by Crippen LogP contribution is 2.54. The van der Waals surface area contributed by atoms with Crippen molar-refractivity contribution in [2.24, 2.45) is 11.8 Å². The Labute approximate surface area is 219 Å². The van der Waals surface area contributed by atoms with Crippen LogP contribution in [-0.2, 0) is 28.6 Å². The molecule has 0 saturated heterocycles. The third-order valence-electron chi connectivity index (χ3n) is 7.43. The van der Waals surface area contributed by atoms with Crippen molar-refractivity contribution in [1.29, 1.82) is 0 Å². The summed E-state index contributed by atoms with van der Waals surface area (Å²) in [4.78, 5) is 52.8. The monoisotopic (exact) mass is 529 g/mol. The third-order valence-corrected chi connectivity index (χ3v) is 7.43. The molecule has 1 N–H and O–H groups in total. The smallest absolute Gasteiger partial charge is 0.345 e. The highest BCUT2D eigenvalue weighted by Gasteiger charge is 2.60. The normalized spacial score (nSPS) is 27.5. The van der Waals surface area contributed by atoms with Gasteiger partial charge in [-0.3, -0.25) is 19.4 Å². The molecule has 1 saturated carbocycles. The minimum absolute atomic E-state index is 0.0588. The molecule has 4 rings (SSSR count). The Morgan fingerprint density at radius 1 is 1.18 bits per heavy atom. The van der Waals surface area contributed by atoms with Gasteiger partial charge in [-0.05, 0) is 38.8 Å². The Bertz CT molecular complexity index is 1290. The standard InChI is InChI=1S/C27H31NO10/c1-14(29)34-13-26(4,37-16(3)31)18-9-19-24(32)23-21(38-27(19,5)22(10-18)35-15(2)30)11-20(36-25(23)33)17-7-6-8-28-12-17/h6-8,11-12,18-19,22,24,32H,9-10,13H2,1-5H3/t18-,19-,22-,24+,26?,27-/m0/s1. The molecule has 2 aromatic rings. The highest BCUT2D eigenvalue weighted by molar-refractivity contribution is 5.68. The number of fused-ring (bicyclic) bond motifs is 2. The zero-order chi connectivity index (χ0) is 27.8. The number of aliphatic hydroxyl groups excluding tert-OH is 1. The van der Waals surface area contributed by atoms with Crippen molar-refractivity contribution in [2.75, 3.05) is 6.61 Å². The number of ether oxygens (including phenoxy) is 4. The van der Waals surface area contributed by atoms with E-state index in [0.29, 0.717) is 5.56 Å². The number of aliphatic hydroxyl groups is 1. The van der Waals surface area contributed by atoms with Gasteiger partial charge in [0.05, 0.1) is 6.10 Å². The minimum Gasteiger partial charge on any atom is -0.482 e. The Morgan fingerprint density at radius 2 is 1.92 bits per heavy atom. The average Bonchev–Trinajstić information content (AvgIpc) is 2.83. The molecule has 1 fully saturated rings. The Balaban J connectivity index is 1.78. The van der Waals surface area contributed by atoms with Gasteiger partial charge >= 0.3 is 23.5 Å². The summed E-state index contributed by atoms with van der Waals surface area (Å²) in [6, 6.07) is 4.92. The fourth-order valence-corrected chi connectivity index (χ4v) is 5.54. The molecule has 0 spiro atoms. The first-order chi connectivity index (χ1) is 17.8. The number of carbonyl (C=O) groups excluding carboxylic acids is 3. The lowest BCUT2D eigenvalue weighted by Crippen LogP contribution is -2.63. The van der Waals surface area contributed by atoms with Gasteiger partial charge in [-0.15, -0.1) is 0 Å². The minimum atomic E-state index is -1.35. The van der Waals surface area contributed by atoms with Crippen molar-refractivity contribution in [3.63, 3.8) is 0 Å². The maximum atomic E-state index is 13.1. The van der Waals surface area contributed by atoms with E-state index in [0.717, 1.165) is 0 Å². The molecule has 6 atom stereocenters. The molecule has 204 valence electrons. The van der Waals surface area contributed by atoms with E-state index in [1.54, 1.807) is 32.2 Å². The molecule has 0 amide bonds. The van der Waals surface area contributed by atoms with E-state index in [-0.39, 0.29) is 36.5 Å². The van der Waals surface area contributed by atoms with Gasteiger partial charge in [0.1, 0.15) is 41.0 Å².